The Balaban J connectivity index is 1.30. The topological polar surface area (TPSA) is 48.5 Å². The summed E-state index contributed by atoms with van der Waals surface area (Å²) in [5.41, 5.74) is 3.98. The molecule has 5 nitrogen and oxygen atoms in total. The molecular weight excluding hydrogens is 471 g/mol. The number of benzene rings is 2. The number of nitrogens with one attached hydrogen (secondary N) is 1. The highest BCUT2D eigenvalue weighted by Gasteiger charge is 2.19. The zero-order valence-corrected chi connectivity index (χ0v) is 19.2. The van der Waals surface area contributed by atoms with E-state index in [0.29, 0.717) is 11.4 Å². The van der Waals surface area contributed by atoms with Gasteiger partial charge in [0.15, 0.2) is 0 Å². The number of aromatic nitrogens is 1. The molecule has 32 heavy (non-hydrogen) atoms. The van der Waals surface area contributed by atoms with Gasteiger partial charge >= 0.3 is 0 Å². The minimum absolute atomic E-state index is 0.208. The van der Waals surface area contributed by atoms with E-state index in [9.17, 15) is 9.18 Å². The maximum Gasteiger partial charge on any atom is 0.274 e. The van der Waals surface area contributed by atoms with Gasteiger partial charge in [0.25, 0.3) is 5.91 Å². The van der Waals surface area contributed by atoms with Crippen molar-refractivity contribution in [2.75, 3.05) is 31.5 Å². The van der Waals surface area contributed by atoms with Crippen LogP contribution in [0.4, 0.5) is 10.1 Å². The van der Waals surface area contributed by atoms with Crippen LogP contribution in [-0.2, 0) is 6.54 Å². The summed E-state index contributed by atoms with van der Waals surface area (Å²) >= 11 is 3.38. The maximum atomic E-state index is 13.1. The largest absolute Gasteiger partial charge is 0.369 e. The first kappa shape index (κ1) is 22.2. The number of carbonyl (C=O) groups excluding carboxylic acids is 1. The Morgan fingerprint density at radius 3 is 2.31 bits per heavy atom. The quantitative estimate of drug-likeness (QED) is 0.522. The molecule has 1 N–H and O–H groups in total. The first-order valence-corrected chi connectivity index (χ1v) is 11.2. The van der Waals surface area contributed by atoms with Crippen molar-refractivity contribution in [3.05, 3.63) is 101 Å². The van der Waals surface area contributed by atoms with Crippen LogP contribution in [0.5, 0.6) is 0 Å². The molecule has 0 bridgehead atoms. The zero-order valence-electron chi connectivity index (χ0n) is 17.6. The third-order valence-electron chi connectivity index (χ3n) is 5.50. The molecule has 1 aromatic heterocycles. The number of rotatable bonds is 6. The van der Waals surface area contributed by atoms with E-state index in [2.05, 4.69) is 42.6 Å². The van der Waals surface area contributed by atoms with Gasteiger partial charge in [0.2, 0.25) is 0 Å². The average molecular weight is 495 g/mol. The number of carbonyl (C=O) groups is 1. The van der Waals surface area contributed by atoms with Gasteiger partial charge in [-0.2, -0.15) is 0 Å². The summed E-state index contributed by atoms with van der Waals surface area (Å²) in [6.45, 7) is 8.56. The summed E-state index contributed by atoms with van der Waals surface area (Å²) in [7, 11) is 0. The fourth-order valence-corrected chi connectivity index (χ4v) is 3.90. The first-order chi connectivity index (χ1) is 15.5. The number of hydrogen-bond donors (Lipinski definition) is 1. The van der Waals surface area contributed by atoms with E-state index in [0.717, 1.165) is 54.0 Å². The highest BCUT2D eigenvalue weighted by molar-refractivity contribution is 9.10. The van der Waals surface area contributed by atoms with Crippen LogP contribution in [0.25, 0.3) is 5.70 Å². The number of hydrogen-bond acceptors (Lipinski definition) is 4. The highest BCUT2D eigenvalue weighted by atomic mass is 79.9. The third-order valence-corrected chi connectivity index (χ3v) is 6.03. The Bertz CT molecular complexity index is 1080. The van der Waals surface area contributed by atoms with Gasteiger partial charge in [0.1, 0.15) is 11.5 Å². The Morgan fingerprint density at radius 2 is 1.69 bits per heavy atom. The van der Waals surface area contributed by atoms with Gasteiger partial charge in [-0.25, -0.2) is 4.39 Å². The van der Waals surface area contributed by atoms with Crippen LogP contribution in [-0.4, -0.2) is 46.9 Å². The molecule has 1 aliphatic heterocycles. The molecule has 0 spiro atoms. The van der Waals surface area contributed by atoms with E-state index < -0.39 is 0 Å². The maximum absolute atomic E-state index is 13.1. The minimum atomic E-state index is -0.251. The van der Waals surface area contributed by atoms with Gasteiger partial charge in [-0.3, -0.25) is 14.7 Å². The second-order valence-electron chi connectivity index (χ2n) is 7.73. The number of nitrogens with zero attached hydrogens (tertiary/aromatic N) is 3. The van der Waals surface area contributed by atoms with Crippen LogP contribution in [0.2, 0.25) is 0 Å². The van der Waals surface area contributed by atoms with Crippen molar-refractivity contribution in [3.8, 4) is 0 Å². The molecule has 0 saturated carbocycles. The van der Waals surface area contributed by atoms with Gasteiger partial charge in [-0.15, -0.1) is 0 Å². The number of amides is 1. The van der Waals surface area contributed by atoms with Gasteiger partial charge in [0.05, 0.1) is 0 Å². The molecular formula is C25H24BrFN4O. The molecule has 2 aromatic carbocycles. The molecule has 0 radical (unpaired) electrons. The number of anilines is 1. The molecule has 0 unspecified atom stereocenters. The van der Waals surface area contributed by atoms with Crippen molar-refractivity contribution >= 4 is 33.2 Å². The van der Waals surface area contributed by atoms with Gasteiger partial charge < -0.3 is 10.2 Å². The number of halogens is 2. The van der Waals surface area contributed by atoms with Crippen molar-refractivity contribution in [3.63, 3.8) is 0 Å². The molecule has 0 atom stereocenters. The number of piperazine rings is 1. The van der Waals surface area contributed by atoms with Gasteiger partial charge in [-0.05, 0) is 54.1 Å². The third kappa shape index (κ3) is 5.60. The van der Waals surface area contributed by atoms with E-state index in [4.69, 9.17) is 0 Å². The summed E-state index contributed by atoms with van der Waals surface area (Å²) in [6.07, 6.45) is 1.70. The van der Waals surface area contributed by atoms with E-state index in [1.54, 1.807) is 12.3 Å². The lowest BCUT2D eigenvalue weighted by Crippen LogP contribution is -2.44. The zero-order chi connectivity index (χ0) is 22.5. The van der Waals surface area contributed by atoms with E-state index in [1.807, 2.05) is 42.5 Å². The van der Waals surface area contributed by atoms with Crippen LogP contribution in [0.3, 0.4) is 0 Å². The second-order valence-corrected chi connectivity index (χ2v) is 8.65. The van der Waals surface area contributed by atoms with Crippen LogP contribution < -0.4 is 5.32 Å². The lowest BCUT2D eigenvalue weighted by Gasteiger charge is -2.37. The summed E-state index contributed by atoms with van der Waals surface area (Å²) in [6, 6.07) is 17.7. The van der Waals surface area contributed by atoms with Crippen LogP contribution in [0.1, 0.15) is 21.6 Å². The molecule has 1 fully saturated rings. The lowest BCUT2D eigenvalue weighted by molar-refractivity contribution is 0.102. The van der Waals surface area contributed by atoms with E-state index in [-0.39, 0.29) is 11.7 Å². The molecule has 1 amide bonds. The van der Waals surface area contributed by atoms with Gasteiger partial charge in [-0.1, -0.05) is 34.6 Å². The van der Waals surface area contributed by atoms with E-state index >= 15 is 0 Å². The fraction of sp³-hybridized carbons (Fsp3) is 0.200. The summed E-state index contributed by atoms with van der Waals surface area (Å²) in [4.78, 5) is 21.4. The molecule has 4 rings (SSSR count). The molecule has 164 valence electrons. The SMILES string of the molecule is C=C(c1ccc(C(=O)Nc2ccc(Br)cc2)nc1)N1CCN(Cc2ccc(F)cc2)CC1. The molecule has 7 heteroatoms. The van der Waals surface area contributed by atoms with Crippen molar-refractivity contribution in [1.82, 2.24) is 14.8 Å². The van der Waals surface area contributed by atoms with Crippen LogP contribution in [0.15, 0.2) is 77.9 Å². The molecule has 0 aliphatic carbocycles. The van der Waals surface area contributed by atoms with Crippen molar-refractivity contribution in [2.24, 2.45) is 0 Å². The second kappa shape index (κ2) is 10.1. The normalized spacial score (nSPS) is 14.2. The molecule has 1 saturated heterocycles. The van der Waals surface area contributed by atoms with Crippen LogP contribution in [0, 0.1) is 5.82 Å². The monoisotopic (exact) mass is 494 g/mol. The Morgan fingerprint density at radius 1 is 1.00 bits per heavy atom. The smallest absolute Gasteiger partial charge is 0.274 e. The van der Waals surface area contributed by atoms with E-state index in [1.165, 1.54) is 12.1 Å². The number of pyridine rings is 1. The highest BCUT2D eigenvalue weighted by Crippen LogP contribution is 2.20. The fourth-order valence-electron chi connectivity index (χ4n) is 3.63. The van der Waals surface area contributed by atoms with Crippen LogP contribution >= 0.6 is 15.9 Å². The molecule has 2 heterocycles. The average Bonchev–Trinajstić information content (AvgIpc) is 2.82. The summed E-state index contributed by atoms with van der Waals surface area (Å²) in [5.74, 6) is -0.459. The lowest BCUT2D eigenvalue weighted by atomic mass is 10.1. The Hall–Kier alpha value is -3.03. The predicted molar refractivity (Wildman–Crippen MR) is 129 cm³/mol. The Labute approximate surface area is 195 Å². The summed E-state index contributed by atoms with van der Waals surface area (Å²) < 4.78 is 14.0. The predicted octanol–water partition coefficient (Wildman–Crippen LogP) is 5.02. The minimum Gasteiger partial charge on any atom is -0.369 e. The standard InChI is InChI=1S/C25H24BrFN4O/c1-18(31-14-12-30(13-15-31)17-19-2-7-22(27)8-3-19)20-4-11-24(28-16-20)25(32)29-23-9-5-21(26)6-10-23/h2-11,16H,1,12-15,17H2,(H,29,32). The Kier molecular flexibility index (Phi) is 6.97. The molecule has 3 aromatic rings. The molecule has 1 aliphatic rings. The van der Waals surface area contributed by atoms with Crippen molar-refractivity contribution in [1.29, 1.82) is 0 Å². The van der Waals surface area contributed by atoms with Crippen molar-refractivity contribution < 1.29 is 9.18 Å². The van der Waals surface area contributed by atoms with Crippen molar-refractivity contribution in [2.45, 2.75) is 6.54 Å². The van der Waals surface area contributed by atoms with Gasteiger partial charge in [0, 0.05) is 60.3 Å². The first-order valence-electron chi connectivity index (χ1n) is 10.4. The summed E-state index contributed by atoms with van der Waals surface area (Å²) in [5, 5.41) is 2.84.